The molecule has 1 aromatic rings. The summed E-state index contributed by atoms with van der Waals surface area (Å²) in [5.41, 5.74) is 0.618. The average Bonchev–Trinajstić information content (AvgIpc) is 2.35. The zero-order chi connectivity index (χ0) is 13.7. The summed E-state index contributed by atoms with van der Waals surface area (Å²) in [7, 11) is 3.36. The van der Waals surface area contributed by atoms with Crippen molar-refractivity contribution in [1.82, 2.24) is 0 Å². The normalized spacial score (nSPS) is 10.6. The Morgan fingerprint density at radius 1 is 1.37 bits per heavy atom. The number of halogens is 1. The fourth-order valence-corrected chi connectivity index (χ4v) is 3.01. The molecule has 1 aromatic carbocycles. The van der Waals surface area contributed by atoms with Gasteiger partial charge in [-0.05, 0) is 48.7 Å². The number of hydrogen-bond acceptors (Lipinski definition) is 3. The smallest absolute Gasteiger partial charge is 1.00 e. The van der Waals surface area contributed by atoms with Gasteiger partial charge in [0.05, 0.1) is 18.7 Å². The van der Waals surface area contributed by atoms with Gasteiger partial charge in [-0.25, -0.2) is 0 Å². The van der Waals surface area contributed by atoms with E-state index in [1.54, 1.807) is 20.3 Å². The Hall–Kier alpha value is -0.00260. The van der Waals surface area contributed by atoms with E-state index in [0.29, 0.717) is 23.0 Å². The molecule has 0 N–H and O–H groups in total. The molecular weight excluding hydrogens is 322 g/mol. The number of methoxy groups -OCH3 is 2. The second kappa shape index (κ2) is 9.03. The van der Waals surface area contributed by atoms with Crippen molar-refractivity contribution in [3.8, 4) is 11.5 Å². The van der Waals surface area contributed by atoms with Crippen molar-refractivity contribution >= 4 is 30.0 Å². The molecule has 102 valence electrons. The zero-order valence-corrected chi connectivity index (χ0v) is 14.6. The minimum absolute atomic E-state index is 0. The predicted molar refractivity (Wildman–Crippen MR) is 80.7 cm³/mol. The Morgan fingerprint density at radius 3 is 2.47 bits per heavy atom. The van der Waals surface area contributed by atoms with E-state index >= 15 is 0 Å². The van der Waals surface area contributed by atoms with Crippen molar-refractivity contribution in [3.63, 3.8) is 0 Å². The molecule has 0 aliphatic carbocycles. The number of hydrogen-bond donors (Lipinski definition) is 0. The van der Waals surface area contributed by atoms with Crippen LogP contribution in [-0.2, 0) is 0 Å². The van der Waals surface area contributed by atoms with Gasteiger partial charge < -0.3 is 10.9 Å². The van der Waals surface area contributed by atoms with E-state index in [9.17, 15) is 4.79 Å². The summed E-state index contributed by atoms with van der Waals surface area (Å²) in [6.45, 7) is 4.21. The van der Waals surface area contributed by atoms with Crippen molar-refractivity contribution in [2.45, 2.75) is 13.8 Å². The molecular formula is C13H19BrLiO3P. The second-order valence-electron chi connectivity index (χ2n) is 4.26. The van der Waals surface area contributed by atoms with E-state index in [0.717, 1.165) is 10.6 Å². The number of carbonyl (C=O) groups excluding carboxylic acids is 1. The molecule has 0 aliphatic heterocycles. The maximum Gasteiger partial charge on any atom is 1.00 e. The van der Waals surface area contributed by atoms with E-state index in [2.05, 4.69) is 29.8 Å². The molecule has 0 radical (unpaired) electrons. The van der Waals surface area contributed by atoms with Crippen molar-refractivity contribution < 1.29 is 34.6 Å². The summed E-state index contributed by atoms with van der Waals surface area (Å²) in [5.74, 6) is 1.63. The summed E-state index contributed by atoms with van der Waals surface area (Å²) < 4.78 is 11.3. The van der Waals surface area contributed by atoms with Crippen LogP contribution in [0.5, 0.6) is 11.5 Å². The van der Waals surface area contributed by atoms with Crippen LogP contribution in [-0.4, -0.2) is 25.9 Å². The van der Waals surface area contributed by atoms with Crippen molar-refractivity contribution in [1.29, 1.82) is 0 Å². The molecule has 1 unspecified atom stereocenters. The zero-order valence-electron chi connectivity index (χ0n) is 13.0. The second-order valence-corrected chi connectivity index (χ2v) is 6.33. The number of ether oxygens (including phenoxy) is 2. The third-order valence-electron chi connectivity index (χ3n) is 2.39. The molecule has 0 aliphatic rings. The van der Waals surface area contributed by atoms with Gasteiger partial charge in [-0.3, -0.25) is 4.79 Å². The van der Waals surface area contributed by atoms with Gasteiger partial charge in [0.15, 0.2) is 5.52 Å². The molecule has 0 amide bonds. The van der Waals surface area contributed by atoms with Gasteiger partial charge in [0.1, 0.15) is 17.1 Å². The fourth-order valence-electron chi connectivity index (χ4n) is 1.51. The van der Waals surface area contributed by atoms with Crippen LogP contribution in [0.15, 0.2) is 16.6 Å². The monoisotopic (exact) mass is 340 g/mol. The molecule has 0 saturated carbocycles. The van der Waals surface area contributed by atoms with E-state index in [-0.39, 0.29) is 34.4 Å². The first-order valence-corrected chi connectivity index (χ1v) is 7.70. The number of benzene rings is 1. The molecule has 0 saturated heterocycles. The van der Waals surface area contributed by atoms with Gasteiger partial charge in [0.25, 0.3) is 0 Å². The van der Waals surface area contributed by atoms with Crippen LogP contribution in [0.3, 0.4) is 0 Å². The standard InChI is InChI=1S/C13H18BrO3P.Li.H/c1-8(2)7-18-13(15)11-10(16-3)6-5-9(14)12(11)17-4;;/h5-6,8,18H,7H2,1-4H3;;/q;+1;-1. The van der Waals surface area contributed by atoms with Gasteiger partial charge in [0.2, 0.25) is 0 Å². The van der Waals surface area contributed by atoms with E-state index in [1.807, 2.05) is 6.07 Å². The van der Waals surface area contributed by atoms with Crippen LogP contribution >= 0.6 is 24.5 Å². The Bertz CT molecular complexity index is 444. The summed E-state index contributed by atoms with van der Waals surface area (Å²) in [5, 5.41) is 0. The number of rotatable bonds is 6. The molecule has 0 aromatic heterocycles. The Balaban J connectivity index is 0. The minimum atomic E-state index is 0. The first kappa shape index (κ1) is 19.0. The minimum Gasteiger partial charge on any atom is -1.00 e. The van der Waals surface area contributed by atoms with Crippen molar-refractivity contribution in [3.05, 3.63) is 22.2 Å². The summed E-state index contributed by atoms with van der Waals surface area (Å²) in [4.78, 5) is 12.3. The summed E-state index contributed by atoms with van der Waals surface area (Å²) in [6, 6.07) is 3.60. The molecule has 0 heterocycles. The van der Waals surface area contributed by atoms with Crippen LogP contribution in [0.2, 0.25) is 0 Å². The molecule has 6 heteroatoms. The summed E-state index contributed by atoms with van der Waals surface area (Å²) in [6.07, 6.45) is 0.887. The number of carbonyl (C=O) groups is 1. The van der Waals surface area contributed by atoms with Gasteiger partial charge in [-0.15, -0.1) is 0 Å². The van der Waals surface area contributed by atoms with Crippen LogP contribution in [0.4, 0.5) is 0 Å². The average molecular weight is 341 g/mol. The van der Waals surface area contributed by atoms with E-state index < -0.39 is 0 Å². The van der Waals surface area contributed by atoms with E-state index in [4.69, 9.17) is 9.47 Å². The molecule has 1 atom stereocenters. The largest absolute Gasteiger partial charge is 1.00 e. The van der Waals surface area contributed by atoms with Gasteiger partial charge in [0, 0.05) is 0 Å². The maximum absolute atomic E-state index is 12.3. The van der Waals surface area contributed by atoms with Crippen molar-refractivity contribution in [2.75, 3.05) is 20.4 Å². The Labute approximate surface area is 138 Å². The third kappa shape index (κ3) is 5.12. The van der Waals surface area contributed by atoms with Gasteiger partial charge in [-0.2, -0.15) is 0 Å². The fraction of sp³-hybridized carbons (Fsp3) is 0.462. The molecule has 1 rings (SSSR count). The molecule has 0 bridgehead atoms. The topological polar surface area (TPSA) is 35.5 Å². The molecule has 3 nitrogen and oxygen atoms in total. The Morgan fingerprint density at radius 2 is 2.00 bits per heavy atom. The summed E-state index contributed by atoms with van der Waals surface area (Å²) >= 11 is 3.39. The van der Waals surface area contributed by atoms with Gasteiger partial charge >= 0.3 is 18.9 Å². The van der Waals surface area contributed by atoms with Crippen LogP contribution in [0, 0.1) is 5.92 Å². The van der Waals surface area contributed by atoms with Crippen LogP contribution in [0.25, 0.3) is 0 Å². The SMILES string of the molecule is COc1ccc(Br)c(OC)c1C(=O)PCC(C)C.[H-].[Li+]. The quantitative estimate of drug-likeness (QED) is 0.573. The van der Waals surface area contributed by atoms with Crippen LogP contribution < -0.4 is 28.3 Å². The molecule has 0 fully saturated rings. The first-order chi connectivity index (χ1) is 8.51. The van der Waals surface area contributed by atoms with Gasteiger partial charge in [-0.1, -0.05) is 13.8 Å². The van der Waals surface area contributed by atoms with Crippen molar-refractivity contribution in [2.24, 2.45) is 5.92 Å². The third-order valence-corrected chi connectivity index (χ3v) is 4.61. The first-order valence-electron chi connectivity index (χ1n) is 5.70. The molecule has 0 spiro atoms. The Kier molecular flexibility index (Phi) is 9.03. The van der Waals surface area contributed by atoms with Crippen LogP contribution in [0.1, 0.15) is 25.6 Å². The molecule has 19 heavy (non-hydrogen) atoms. The van der Waals surface area contributed by atoms with E-state index in [1.165, 1.54) is 0 Å². The maximum atomic E-state index is 12.3. The predicted octanol–water partition coefficient (Wildman–Crippen LogP) is 1.06.